The molecule has 1 unspecified atom stereocenters. The lowest BCUT2D eigenvalue weighted by Crippen LogP contribution is -2.50. The third-order valence-electron chi connectivity index (χ3n) is 2.99. The van der Waals surface area contributed by atoms with Gasteiger partial charge in [-0.25, -0.2) is 9.42 Å². The number of rotatable bonds is 2. The van der Waals surface area contributed by atoms with Crippen molar-refractivity contribution >= 4 is 22.7 Å². The first-order chi connectivity index (χ1) is 8.77. The fraction of sp³-hybridized carbons (Fsp3) is 0.364. The molecule has 1 atom stereocenters. The SMILES string of the molecule is O=C(O)C1COCCN1c1cccc2nonc12. The van der Waals surface area contributed by atoms with Crippen LogP contribution in [0, 0.1) is 0 Å². The Morgan fingerprint density at radius 2 is 2.33 bits per heavy atom. The van der Waals surface area contributed by atoms with Gasteiger partial charge in [0.1, 0.15) is 5.52 Å². The van der Waals surface area contributed by atoms with E-state index in [-0.39, 0.29) is 6.61 Å². The molecule has 0 amide bonds. The Kier molecular flexibility index (Phi) is 2.60. The quantitative estimate of drug-likeness (QED) is 0.829. The van der Waals surface area contributed by atoms with Crippen LogP contribution < -0.4 is 4.90 Å². The minimum Gasteiger partial charge on any atom is -0.480 e. The second-order valence-electron chi connectivity index (χ2n) is 4.03. The van der Waals surface area contributed by atoms with Crippen molar-refractivity contribution in [2.75, 3.05) is 24.7 Å². The first kappa shape index (κ1) is 11.0. The number of ether oxygens (including phenoxy) is 1. The Balaban J connectivity index is 2.06. The van der Waals surface area contributed by atoms with Crippen molar-refractivity contribution in [2.24, 2.45) is 0 Å². The molecule has 0 radical (unpaired) electrons. The zero-order chi connectivity index (χ0) is 12.5. The summed E-state index contributed by atoms with van der Waals surface area (Å²) in [6, 6.07) is 4.68. The van der Waals surface area contributed by atoms with Crippen LogP contribution in [0.25, 0.3) is 11.0 Å². The molecule has 0 bridgehead atoms. The molecule has 0 aliphatic carbocycles. The fourth-order valence-corrected chi connectivity index (χ4v) is 2.12. The number of carboxylic acid groups (broad SMARTS) is 1. The van der Waals surface area contributed by atoms with Crippen LogP contribution in [0.15, 0.2) is 22.8 Å². The highest BCUT2D eigenvalue weighted by Gasteiger charge is 2.31. The molecule has 94 valence electrons. The van der Waals surface area contributed by atoms with E-state index in [1.54, 1.807) is 17.0 Å². The Morgan fingerprint density at radius 1 is 1.44 bits per heavy atom. The number of carboxylic acids is 1. The number of aliphatic carboxylic acids is 1. The fourth-order valence-electron chi connectivity index (χ4n) is 2.12. The molecule has 18 heavy (non-hydrogen) atoms. The van der Waals surface area contributed by atoms with Gasteiger partial charge in [0.05, 0.1) is 18.9 Å². The molecule has 1 aromatic heterocycles. The summed E-state index contributed by atoms with van der Waals surface area (Å²) in [4.78, 5) is 13.0. The maximum absolute atomic E-state index is 11.2. The van der Waals surface area contributed by atoms with E-state index in [0.717, 1.165) is 0 Å². The van der Waals surface area contributed by atoms with Crippen LogP contribution in [0.3, 0.4) is 0 Å². The van der Waals surface area contributed by atoms with Gasteiger partial charge in [-0.05, 0) is 22.4 Å². The van der Waals surface area contributed by atoms with E-state index in [2.05, 4.69) is 14.9 Å². The van der Waals surface area contributed by atoms with Gasteiger partial charge in [-0.1, -0.05) is 6.07 Å². The van der Waals surface area contributed by atoms with Gasteiger partial charge >= 0.3 is 5.97 Å². The number of hydrogen-bond donors (Lipinski definition) is 1. The highest BCUT2D eigenvalue weighted by molar-refractivity contribution is 5.90. The van der Waals surface area contributed by atoms with Crippen molar-refractivity contribution in [1.82, 2.24) is 10.3 Å². The van der Waals surface area contributed by atoms with Gasteiger partial charge < -0.3 is 14.7 Å². The zero-order valence-electron chi connectivity index (χ0n) is 9.44. The van der Waals surface area contributed by atoms with E-state index in [4.69, 9.17) is 4.74 Å². The topological polar surface area (TPSA) is 88.7 Å². The van der Waals surface area contributed by atoms with Crippen molar-refractivity contribution < 1.29 is 19.3 Å². The number of nitrogens with zero attached hydrogens (tertiary/aromatic N) is 3. The van der Waals surface area contributed by atoms with Crippen LogP contribution >= 0.6 is 0 Å². The van der Waals surface area contributed by atoms with Gasteiger partial charge in [0, 0.05) is 6.54 Å². The summed E-state index contributed by atoms with van der Waals surface area (Å²) in [5, 5.41) is 16.8. The summed E-state index contributed by atoms with van der Waals surface area (Å²) in [6.07, 6.45) is 0. The van der Waals surface area contributed by atoms with Gasteiger partial charge in [0.2, 0.25) is 0 Å². The Labute approximate surface area is 102 Å². The van der Waals surface area contributed by atoms with Crippen LogP contribution in [0.5, 0.6) is 0 Å². The van der Waals surface area contributed by atoms with Crippen molar-refractivity contribution in [3.05, 3.63) is 18.2 Å². The molecule has 0 spiro atoms. The molecular formula is C11H11N3O4. The van der Waals surface area contributed by atoms with Gasteiger partial charge in [0.15, 0.2) is 11.6 Å². The summed E-state index contributed by atoms with van der Waals surface area (Å²) in [5.41, 5.74) is 1.90. The number of morpholine rings is 1. The monoisotopic (exact) mass is 249 g/mol. The molecule has 1 fully saturated rings. The molecule has 1 saturated heterocycles. The van der Waals surface area contributed by atoms with Gasteiger partial charge in [0.25, 0.3) is 0 Å². The van der Waals surface area contributed by atoms with Crippen molar-refractivity contribution in [2.45, 2.75) is 6.04 Å². The predicted octanol–water partition coefficient (Wildman–Crippen LogP) is 0.513. The van der Waals surface area contributed by atoms with Crippen LogP contribution in [-0.2, 0) is 9.53 Å². The first-order valence-corrected chi connectivity index (χ1v) is 5.56. The minimum atomic E-state index is -0.914. The molecule has 7 nitrogen and oxygen atoms in total. The Bertz CT molecular complexity index is 582. The van der Waals surface area contributed by atoms with Gasteiger partial charge in [-0.2, -0.15) is 0 Å². The summed E-state index contributed by atoms with van der Waals surface area (Å²) in [5.74, 6) is -0.914. The lowest BCUT2D eigenvalue weighted by Gasteiger charge is -2.34. The molecule has 1 N–H and O–H groups in total. The maximum Gasteiger partial charge on any atom is 0.328 e. The normalized spacial score (nSPS) is 20.2. The number of aromatic nitrogens is 2. The van der Waals surface area contributed by atoms with Crippen LogP contribution in [-0.4, -0.2) is 47.2 Å². The molecule has 2 heterocycles. The average molecular weight is 249 g/mol. The Morgan fingerprint density at radius 3 is 3.17 bits per heavy atom. The predicted molar refractivity (Wildman–Crippen MR) is 61.4 cm³/mol. The lowest BCUT2D eigenvalue weighted by molar-refractivity contribution is -0.141. The van der Waals surface area contributed by atoms with E-state index >= 15 is 0 Å². The molecule has 7 heteroatoms. The lowest BCUT2D eigenvalue weighted by atomic mass is 10.1. The molecule has 0 saturated carbocycles. The third-order valence-corrected chi connectivity index (χ3v) is 2.99. The van der Waals surface area contributed by atoms with Crippen molar-refractivity contribution in [3.8, 4) is 0 Å². The van der Waals surface area contributed by atoms with Gasteiger partial charge in [-0.3, -0.25) is 0 Å². The van der Waals surface area contributed by atoms with Gasteiger partial charge in [-0.15, -0.1) is 0 Å². The third kappa shape index (κ3) is 1.68. The highest BCUT2D eigenvalue weighted by Crippen LogP contribution is 2.27. The largest absolute Gasteiger partial charge is 0.480 e. The number of hydrogen-bond acceptors (Lipinski definition) is 6. The smallest absolute Gasteiger partial charge is 0.328 e. The molecule has 1 aliphatic heterocycles. The standard InChI is InChI=1S/C11H11N3O4/c15-11(16)9-6-17-5-4-14(9)8-3-1-2-7-10(8)13-18-12-7/h1-3,9H,4-6H2,(H,15,16). The van der Waals surface area contributed by atoms with Crippen LogP contribution in [0.1, 0.15) is 0 Å². The molecular weight excluding hydrogens is 238 g/mol. The average Bonchev–Trinajstić information content (AvgIpc) is 2.86. The highest BCUT2D eigenvalue weighted by atomic mass is 16.6. The maximum atomic E-state index is 11.2. The van der Waals surface area contributed by atoms with Crippen LogP contribution in [0.4, 0.5) is 5.69 Å². The molecule has 2 aromatic rings. The summed E-state index contributed by atoms with van der Waals surface area (Å²) >= 11 is 0. The Hall–Kier alpha value is -2.15. The molecule has 1 aromatic carbocycles. The van der Waals surface area contributed by atoms with E-state index in [1.807, 2.05) is 6.07 Å². The molecule has 3 rings (SSSR count). The zero-order valence-corrected chi connectivity index (χ0v) is 9.44. The first-order valence-electron chi connectivity index (χ1n) is 5.56. The summed E-state index contributed by atoms with van der Waals surface area (Å²) in [6.45, 7) is 1.16. The second-order valence-corrected chi connectivity index (χ2v) is 4.03. The number of anilines is 1. The van der Waals surface area contributed by atoms with E-state index < -0.39 is 12.0 Å². The molecule has 1 aliphatic rings. The van der Waals surface area contributed by atoms with E-state index in [9.17, 15) is 9.90 Å². The number of fused-ring (bicyclic) bond motifs is 1. The van der Waals surface area contributed by atoms with Crippen molar-refractivity contribution in [1.29, 1.82) is 0 Å². The summed E-state index contributed by atoms with van der Waals surface area (Å²) in [7, 11) is 0. The second kappa shape index (κ2) is 4.26. The van der Waals surface area contributed by atoms with Crippen molar-refractivity contribution in [3.63, 3.8) is 0 Å². The van der Waals surface area contributed by atoms with Crippen LogP contribution in [0.2, 0.25) is 0 Å². The van der Waals surface area contributed by atoms with E-state index in [1.165, 1.54) is 0 Å². The summed E-state index contributed by atoms with van der Waals surface area (Å²) < 4.78 is 9.89. The number of benzene rings is 1. The number of carbonyl (C=O) groups is 1. The minimum absolute atomic E-state index is 0.164. The van der Waals surface area contributed by atoms with E-state index in [0.29, 0.717) is 29.9 Å².